The van der Waals surface area contributed by atoms with E-state index >= 15 is 4.39 Å². The van der Waals surface area contributed by atoms with Crippen LogP contribution in [0.4, 0.5) is 4.39 Å². The minimum Gasteiger partial charge on any atom is -0.512 e. The van der Waals surface area contributed by atoms with Crippen molar-refractivity contribution in [2.75, 3.05) is 33.4 Å². The summed E-state index contributed by atoms with van der Waals surface area (Å²) in [5, 5.41) is 10.3. The van der Waals surface area contributed by atoms with Crippen LogP contribution in [-0.4, -0.2) is 55.6 Å². The number of hydrogen-bond acceptors (Lipinski definition) is 7. The van der Waals surface area contributed by atoms with Gasteiger partial charge in [-0.15, -0.1) is 11.3 Å². The Morgan fingerprint density at radius 2 is 1.95 bits per heavy atom. The molecule has 41 heavy (non-hydrogen) atoms. The van der Waals surface area contributed by atoms with Crippen LogP contribution < -0.4 is 9.47 Å². The summed E-state index contributed by atoms with van der Waals surface area (Å²) in [5.41, 5.74) is 4.65. The molecule has 0 atom stereocenters. The predicted octanol–water partition coefficient (Wildman–Crippen LogP) is 7.28. The van der Waals surface area contributed by atoms with Crippen molar-refractivity contribution in [3.8, 4) is 11.5 Å². The van der Waals surface area contributed by atoms with Crippen LogP contribution in [0.15, 0.2) is 53.0 Å². The highest BCUT2D eigenvalue weighted by Crippen LogP contribution is 2.45. The fraction of sp³-hybridized carbons (Fsp3) is 0.438. The molecule has 1 aliphatic carbocycles. The van der Waals surface area contributed by atoms with Crippen LogP contribution in [0.5, 0.6) is 11.5 Å². The highest BCUT2D eigenvalue weighted by Gasteiger charge is 2.26. The normalized spacial score (nSPS) is 17.0. The maximum atomic E-state index is 15.6. The van der Waals surface area contributed by atoms with Gasteiger partial charge in [0.1, 0.15) is 12.5 Å². The molecular formula is C32H38FNO6S. The first-order chi connectivity index (χ1) is 19.9. The van der Waals surface area contributed by atoms with Crippen molar-refractivity contribution in [3.05, 3.63) is 63.7 Å². The zero-order valence-corrected chi connectivity index (χ0v) is 24.8. The largest absolute Gasteiger partial charge is 0.512 e. The quantitative estimate of drug-likeness (QED) is 0.143. The van der Waals surface area contributed by atoms with Crippen LogP contribution in [-0.2, 0) is 14.3 Å². The van der Waals surface area contributed by atoms with Crippen molar-refractivity contribution in [2.45, 2.75) is 58.8 Å². The van der Waals surface area contributed by atoms with E-state index in [1.54, 1.807) is 22.3 Å². The molecule has 2 aliphatic rings. The molecular weight excluding hydrogens is 545 g/mol. The van der Waals surface area contributed by atoms with Crippen LogP contribution in [0, 0.1) is 5.82 Å². The van der Waals surface area contributed by atoms with Crippen LogP contribution in [0.3, 0.4) is 0 Å². The summed E-state index contributed by atoms with van der Waals surface area (Å²) < 4.78 is 33.5. The standard InChI is InChI=1S/C32H38FNO6S/c1-4-8-25(22-10-11-22)28-16-26-29(41-28)17-27(38-3)32(31(26)33)40-14-7-13-39-24(20-36)15-23-19-34(18-21(23)5-2)30(37)9-6-12-35/h5,12,15-17,20,36H,4,6-11,13-14,18-19H2,1-3H3/b21-5-,23-15-,24-20-. The SMILES string of the molecule is C/C=C1/CN(C(=O)CCC=O)C/C1=C/C(=C/O)OCCCOc1c(OC)cc2sc(C(CCC)=C3CC3)cc2c1F. The Balaban J connectivity index is 1.36. The first-order valence-corrected chi connectivity index (χ1v) is 14.9. The first-order valence-electron chi connectivity index (χ1n) is 14.1. The molecule has 0 bridgehead atoms. The zero-order valence-electron chi connectivity index (χ0n) is 24.0. The summed E-state index contributed by atoms with van der Waals surface area (Å²) in [6.45, 7) is 5.30. The van der Waals surface area contributed by atoms with E-state index in [-0.39, 0.29) is 43.5 Å². The second kappa shape index (κ2) is 14.3. The second-order valence-electron chi connectivity index (χ2n) is 10.1. The molecule has 7 nitrogen and oxygen atoms in total. The Kier molecular flexibility index (Phi) is 10.6. The number of hydrogen-bond donors (Lipinski definition) is 1. The van der Waals surface area contributed by atoms with E-state index in [9.17, 15) is 14.7 Å². The van der Waals surface area contributed by atoms with E-state index in [4.69, 9.17) is 14.2 Å². The monoisotopic (exact) mass is 583 g/mol. The van der Waals surface area contributed by atoms with Gasteiger partial charge in [-0.3, -0.25) is 4.79 Å². The van der Waals surface area contributed by atoms with Crippen molar-refractivity contribution in [1.82, 2.24) is 4.90 Å². The van der Waals surface area contributed by atoms with E-state index in [0.29, 0.717) is 30.6 Å². The average Bonchev–Trinajstić information content (AvgIpc) is 3.60. The number of benzene rings is 1. The van der Waals surface area contributed by atoms with Gasteiger partial charge in [0.25, 0.3) is 0 Å². The summed E-state index contributed by atoms with van der Waals surface area (Å²) in [7, 11) is 1.50. The van der Waals surface area contributed by atoms with Crippen molar-refractivity contribution in [3.63, 3.8) is 0 Å². The third kappa shape index (κ3) is 7.38. The summed E-state index contributed by atoms with van der Waals surface area (Å²) in [5.74, 6) is 0.183. The van der Waals surface area contributed by atoms with Crippen LogP contribution in [0.2, 0.25) is 0 Å². The predicted molar refractivity (Wildman–Crippen MR) is 160 cm³/mol. The number of carbonyl (C=O) groups excluding carboxylic acids is 2. The number of methoxy groups -OCH3 is 1. The lowest BCUT2D eigenvalue weighted by Crippen LogP contribution is -2.27. The summed E-state index contributed by atoms with van der Waals surface area (Å²) >= 11 is 1.59. The van der Waals surface area contributed by atoms with Gasteiger partial charge >= 0.3 is 0 Å². The lowest BCUT2D eigenvalue weighted by Gasteiger charge is -2.13. The molecule has 220 valence electrons. The van der Waals surface area contributed by atoms with Gasteiger partial charge in [-0.05, 0) is 55.0 Å². The van der Waals surface area contributed by atoms with E-state index in [1.165, 1.54) is 18.3 Å². The number of likely N-dealkylation sites (tertiary alicyclic amines) is 1. The molecule has 2 heterocycles. The Hall–Kier alpha value is -3.59. The smallest absolute Gasteiger partial charge is 0.223 e. The van der Waals surface area contributed by atoms with E-state index in [0.717, 1.165) is 59.0 Å². The molecule has 9 heteroatoms. The number of fused-ring (bicyclic) bond motifs is 1. The molecule has 1 saturated carbocycles. The van der Waals surface area contributed by atoms with Crippen molar-refractivity contribution < 1.29 is 33.3 Å². The van der Waals surface area contributed by atoms with Gasteiger partial charge in [0.15, 0.2) is 23.1 Å². The number of allylic oxidation sites excluding steroid dienone is 4. The number of aliphatic hydroxyl groups is 1. The molecule has 2 aromatic rings. The van der Waals surface area contributed by atoms with E-state index in [2.05, 4.69) is 6.92 Å². The van der Waals surface area contributed by atoms with Gasteiger partial charge in [0, 0.05) is 53.4 Å². The van der Waals surface area contributed by atoms with Crippen molar-refractivity contribution in [1.29, 1.82) is 0 Å². The molecule has 4 rings (SSSR count). The molecule has 0 spiro atoms. The highest BCUT2D eigenvalue weighted by molar-refractivity contribution is 7.20. The molecule has 1 N–H and O–H groups in total. The molecule has 1 saturated heterocycles. The van der Waals surface area contributed by atoms with Gasteiger partial charge in [-0.2, -0.15) is 0 Å². The number of aldehydes is 1. The lowest BCUT2D eigenvalue weighted by molar-refractivity contribution is -0.130. The molecule has 1 aliphatic heterocycles. The molecule has 1 aromatic carbocycles. The van der Waals surface area contributed by atoms with Gasteiger partial charge in [0.05, 0.1) is 20.3 Å². The molecule has 0 radical (unpaired) electrons. The first kappa shape index (κ1) is 30.4. The minimum atomic E-state index is -0.424. The van der Waals surface area contributed by atoms with Crippen LogP contribution >= 0.6 is 11.3 Å². The molecule has 1 amide bonds. The third-order valence-corrected chi connectivity index (χ3v) is 8.33. The number of aliphatic hydroxyl groups excluding tert-OH is 1. The fourth-order valence-corrected chi connectivity index (χ4v) is 6.14. The van der Waals surface area contributed by atoms with E-state index in [1.807, 2.05) is 25.1 Å². The number of thiophene rings is 1. The third-order valence-electron chi connectivity index (χ3n) is 7.19. The zero-order chi connectivity index (χ0) is 29.4. The summed E-state index contributed by atoms with van der Waals surface area (Å²) in [6.07, 6.45) is 10.4. The minimum absolute atomic E-state index is 0.0866. The maximum absolute atomic E-state index is 15.6. The summed E-state index contributed by atoms with van der Waals surface area (Å²) in [4.78, 5) is 25.7. The van der Waals surface area contributed by atoms with Crippen LogP contribution in [0.25, 0.3) is 15.7 Å². The topological polar surface area (TPSA) is 85.3 Å². The van der Waals surface area contributed by atoms with Crippen molar-refractivity contribution >= 4 is 39.2 Å². The number of carbonyl (C=O) groups is 2. The van der Waals surface area contributed by atoms with Gasteiger partial charge in [0.2, 0.25) is 5.91 Å². The molecule has 0 unspecified atom stereocenters. The Labute approximate surface area is 244 Å². The number of rotatable bonds is 14. The number of nitrogens with zero attached hydrogens (tertiary/aromatic N) is 1. The highest BCUT2D eigenvalue weighted by atomic mass is 32.1. The lowest BCUT2D eigenvalue weighted by atomic mass is 10.1. The van der Waals surface area contributed by atoms with Gasteiger partial charge < -0.3 is 29.0 Å². The average molecular weight is 584 g/mol. The molecule has 2 fully saturated rings. The van der Waals surface area contributed by atoms with E-state index < -0.39 is 5.82 Å². The number of halogens is 1. The Morgan fingerprint density at radius 3 is 2.61 bits per heavy atom. The van der Waals surface area contributed by atoms with Crippen molar-refractivity contribution in [2.24, 2.45) is 0 Å². The van der Waals surface area contributed by atoms with Crippen LogP contribution in [0.1, 0.15) is 63.7 Å². The Morgan fingerprint density at radius 1 is 1.17 bits per heavy atom. The molecule has 1 aromatic heterocycles. The maximum Gasteiger partial charge on any atom is 0.223 e. The Bertz CT molecular complexity index is 1400. The van der Waals surface area contributed by atoms with Gasteiger partial charge in [-0.1, -0.05) is 25.0 Å². The fourth-order valence-electron chi connectivity index (χ4n) is 4.94. The second-order valence-corrected chi connectivity index (χ2v) is 11.2. The number of ether oxygens (including phenoxy) is 3. The summed E-state index contributed by atoms with van der Waals surface area (Å²) in [6, 6.07) is 3.78. The number of amides is 1. The van der Waals surface area contributed by atoms with Gasteiger partial charge in [-0.25, -0.2) is 4.39 Å².